The molecule has 1 aliphatic rings. The van der Waals surface area contributed by atoms with Crippen LogP contribution in [0.2, 0.25) is 0 Å². The Morgan fingerprint density at radius 2 is 2.14 bits per heavy atom. The second kappa shape index (κ2) is 4.78. The number of aromatic amines is 1. The molecule has 0 bridgehead atoms. The zero-order valence-corrected chi connectivity index (χ0v) is 11.7. The number of fused-ring (bicyclic) bond motifs is 1. The van der Waals surface area contributed by atoms with Gasteiger partial charge in [0.05, 0.1) is 12.8 Å². The smallest absolute Gasteiger partial charge is 0.231 e. The Morgan fingerprint density at radius 3 is 3.00 bits per heavy atom. The maximum absolute atomic E-state index is 5.39. The third kappa shape index (κ3) is 2.11. The van der Waals surface area contributed by atoms with E-state index in [-0.39, 0.29) is 6.79 Å². The molecule has 0 amide bonds. The lowest BCUT2D eigenvalue weighted by molar-refractivity contribution is 0.174. The summed E-state index contributed by atoms with van der Waals surface area (Å²) < 4.78 is 18.5. The largest absolute Gasteiger partial charge is 0.461 e. The number of nitrogens with zero attached hydrogens (tertiary/aromatic N) is 2. The summed E-state index contributed by atoms with van der Waals surface area (Å²) in [5.74, 6) is 2.86. The molecular formula is C14H11N3O3S. The van der Waals surface area contributed by atoms with Crippen LogP contribution in [0.15, 0.2) is 41.0 Å². The summed E-state index contributed by atoms with van der Waals surface area (Å²) in [5, 5.41) is 7.02. The van der Waals surface area contributed by atoms with Crippen LogP contribution in [0.1, 0.15) is 5.56 Å². The first kappa shape index (κ1) is 12.2. The number of hydrogen-bond donors (Lipinski definition) is 1. The van der Waals surface area contributed by atoms with Crippen LogP contribution in [0.5, 0.6) is 11.5 Å². The molecule has 106 valence electrons. The summed E-state index contributed by atoms with van der Waals surface area (Å²) in [6.07, 6.45) is 1.61. The van der Waals surface area contributed by atoms with Crippen molar-refractivity contribution in [2.75, 3.05) is 6.79 Å². The van der Waals surface area contributed by atoms with E-state index in [9.17, 15) is 0 Å². The van der Waals surface area contributed by atoms with Crippen LogP contribution in [-0.4, -0.2) is 21.6 Å². The number of ether oxygens (including phenoxy) is 2. The fourth-order valence-electron chi connectivity index (χ4n) is 2.28. The molecule has 0 unspecified atom stereocenters. The molecule has 0 fully saturated rings. The van der Waals surface area contributed by atoms with Crippen LogP contribution in [0.4, 0.5) is 0 Å². The van der Waals surface area contributed by atoms with E-state index in [1.54, 1.807) is 6.26 Å². The van der Waals surface area contributed by atoms with Crippen LogP contribution in [0, 0.1) is 4.77 Å². The minimum Gasteiger partial charge on any atom is -0.461 e. The molecule has 0 atom stereocenters. The van der Waals surface area contributed by atoms with Crippen molar-refractivity contribution in [2.24, 2.45) is 0 Å². The van der Waals surface area contributed by atoms with Gasteiger partial charge in [0.1, 0.15) is 0 Å². The number of H-pyrrole nitrogens is 1. The molecule has 3 heterocycles. The highest BCUT2D eigenvalue weighted by molar-refractivity contribution is 7.71. The Balaban J connectivity index is 1.72. The third-order valence-corrected chi connectivity index (χ3v) is 3.59. The maximum atomic E-state index is 5.39. The van der Waals surface area contributed by atoms with E-state index in [1.165, 1.54) is 0 Å². The van der Waals surface area contributed by atoms with Gasteiger partial charge in [0.15, 0.2) is 27.9 Å². The molecule has 1 aromatic carbocycles. The van der Waals surface area contributed by atoms with E-state index in [4.69, 9.17) is 26.1 Å². The Kier molecular flexibility index (Phi) is 2.78. The second-order valence-corrected chi connectivity index (χ2v) is 4.99. The topological polar surface area (TPSA) is 65.2 Å². The van der Waals surface area contributed by atoms with Crippen molar-refractivity contribution in [1.82, 2.24) is 14.8 Å². The van der Waals surface area contributed by atoms with E-state index < -0.39 is 0 Å². The van der Waals surface area contributed by atoms with Crippen LogP contribution in [0.3, 0.4) is 0 Å². The average molecular weight is 301 g/mol. The average Bonchev–Trinajstić information content (AvgIpc) is 3.20. The number of hydrogen-bond acceptors (Lipinski definition) is 5. The van der Waals surface area contributed by atoms with E-state index in [0.717, 1.165) is 17.1 Å². The van der Waals surface area contributed by atoms with Gasteiger partial charge >= 0.3 is 0 Å². The number of nitrogens with one attached hydrogen (secondary N) is 1. The first-order valence-corrected chi connectivity index (χ1v) is 6.80. The minimum absolute atomic E-state index is 0.265. The van der Waals surface area contributed by atoms with Gasteiger partial charge in [0.25, 0.3) is 0 Å². The monoisotopic (exact) mass is 301 g/mol. The minimum atomic E-state index is 0.265. The quantitative estimate of drug-likeness (QED) is 0.753. The van der Waals surface area contributed by atoms with Gasteiger partial charge in [0, 0.05) is 0 Å². The molecule has 0 saturated carbocycles. The maximum Gasteiger partial charge on any atom is 0.231 e. The Labute approximate surface area is 124 Å². The predicted molar refractivity (Wildman–Crippen MR) is 76.8 cm³/mol. The predicted octanol–water partition coefficient (Wildman–Crippen LogP) is 2.98. The summed E-state index contributed by atoms with van der Waals surface area (Å²) >= 11 is 5.29. The van der Waals surface area contributed by atoms with E-state index in [0.29, 0.717) is 22.9 Å². The van der Waals surface area contributed by atoms with Crippen molar-refractivity contribution in [1.29, 1.82) is 0 Å². The van der Waals surface area contributed by atoms with Gasteiger partial charge in [-0.1, -0.05) is 6.07 Å². The fourth-order valence-corrected chi connectivity index (χ4v) is 2.48. The molecule has 21 heavy (non-hydrogen) atoms. The lowest BCUT2D eigenvalue weighted by Gasteiger charge is -2.06. The molecule has 0 saturated heterocycles. The van der Waals surface area contributed by atoms with Crippen molar-refractivity contribution < 1.29 is 13.9 Å². The highest BCUT2D eigenvalue weighted by Gasteiger charge is 2.15. The van der Waals surface area contributed by atoms with Gasteiger partial charge in [-0.25, -0.2) is 0 Å². The molecule has 0 radical (unpaired) electrons. The molecule has 0 spiro atoms. The number of furan rings is 1. The van der Waals surface area contributed by atoms with Crippen molar-refractivity contribution in [3.8, 4) is 23.1 Å². The van der Waals surface area contributed by atoms with Gasteiger partial charge < -0.3 is 13.9 Å². The van der Waals surface area contributed by atoms with Gasteiger partial charge in [0.2, 0.25) is 6.79 Å². The molecule has 4 rings (SSSR count). The highest BCUT2D eigenvalue weighted by Crippen LogP contribution is 2.33. The summed E-state index contributed by atoms with van der Waals surface area (Å²) in [6.45, 7) is 0.837. The van der Waals surface area contributed by atoms with E-state index in [1.807, 2.05) is 34.9 Å². The molecule has 2 aromatic heterocycles. The Morgan fingerprint density at radius 1 is 1.24 bits per heavy atom. The van der Waals surface area contributed by atoms with Crippen molar-refractivity contribution in [3.05, 3.63) is 46.9 Å². The highest BCUT2D eigenvalue weighted by atomic mass is 32.1. The summed E-state index contributed by atoms with van der Waals surface area (Å²) in [6, 6.07) is 9.49. The van der Waals surface area contributed by atoms with Crippen LogP contribution < -0.4 is 9.47 Å². The molecule has 0 aliphatic carbocycles. The first-order chi connectivity index (χ1) is 10.3. The lowest BCUT2D eigenvalue weighted by atomic mass is 10.2. The van der Waals surface area contributed by atoms with E-state index >= 15 is 0 Å². The van der Waals surface area contributed by atoms with Crippen molar-refractivity contribution in [3.63, 3.8) is 0 Å². The molecule has 6 nitrogen and oxygen atoms in total. The molecular weight excluding hydrogens is 290 g/mol. The number of benzene rings is 1. The lowest BCUT2D eigenvalue weighted by Crippen LogP contribution is -2.02. The van der Waals surface area contributed by atoms with Gasteiger partial charge in [-0.15, -0.1) is 0 Å². The number of aromatic nitrogens is 3. The summed E-state index contributed by atoms with van der Waals surface area (Å²) in [4.78, 5) is 0. The second-order valence-electron chi connectivity index (χ2n) is 4.60. The fraction of sp³-hybridized carbons (Fsp3) is 0.143. The van der Waals surface area contributed by atoms with Gasteiger partial charge in [-0.3, -0.25) is 9.67 Å². The van der Waals surface area contributed by atoms with E-state index in [2.05, 4.69) is 10.2 Å². The molecule has 1 aliphatic heterocycles. The van der Waals surface area contributed by atoms with Crippen molar-refractivity contribution in [2.45, 2.75) is 6.54 Å². The summed E-state index contributed by atoms with van der Waals surface area (Å²) in [7, 11) is 0. The Bertz CT molecular complexity index is 836. The van der Waals surface area contributed by atoms with Gasteiger partial charge in [-0.2, -0.15) is 5.10 Å². The van der Waals surface area contributed by atoms with Crippen LogP contribution >= 0.6 is 12.2 Å². The third-order valence-electron chi connectivity index (χ3n) is 3.28. The normalized spacial score (nSPS) is 12.8. The zero-order chi connectivity index (χ0) is 14.2. The standard InChI is InChI=1S/C14H11N3O3S/c21-14-16-15-13(11-2-1-5-18-11)17(14)7-9-3-4-10-12(6-9)20-8-19-10/h1-6H,7-8H2,(H,16,21). The first-order valence-electron chi connectivity index (χ1n) is 6.39. The molecule has 3 aromatic rings. The number of rotatable bonds is 3. The van der Waals surface area contributed by atoms with Crippen molar-refractivity contribution >= 4 is 12.2 Å². The van der Waals surface area contributed by atoms with Gasteiger partial charge in [-0.05, 0) is 42.0 Å². The molecule has 7 heteroatoms. The van der Waals surface area contributed by atoms with Crippen LogP contribution in [0.25, 0.3) is 11.6 Å². The SMILES string of the molecule is S=c1[nH]nc(-c2ccco2)n1Cc1ccc2c(c1)OCO2. The molecule has 1 N–H and O–H groups in total. The zero-order valence-electron chi connectivity index (χ0n) is 10.9. The van der Waals surface area contributed by atoms with Crippen LogP contribution in [-0.2, 0) is 6.54 Å². The Hall–Kier alpha value is -2.54. The summed E-state index contributed by atoms with van der Waals surface area (Å²) in [5.41, 5.74) is 1.05.